The molecule has 1 heterocycles. The second-order valence-electron chi connectivity index (χ2n) is 5.94. The Morgan fingerprint density at radius 1 is 1.28 bits per heavy atom. The summed E-state index contributed by atoms with van der Waals surface area (Å²) in [6.07, 6.45) is 1.14. The van der Waals surface area contributed by atoms with Crippen LogP contribution in [0, 0.1) is 6.92 Å². The van der Waals surface area contributed by atoms with Crippen LogP contribution in [0.15, 0.2) is 12.1 Å². The van der Waals surface area contributed by atoms with Crippen molar-refractivity contribution in [3.05, 3.63) is 23.4 Å². The van der Waals surface area contributed by atoms with E-state index in [9.17, 15) is 0 Å². The molecule has 0 aromatic carbocycles. The van der Waals surface area contributed by atoms with Gasteiger partial charge in [-0.2, -0.15) is 0 Å². The number of hydrogen-bond acceptors (Lipinski definition) is 3. The Kier molecular flexibility index (Phi) is 5.15. The van der Waals surface area contributed by atoms with Crippen LogP contribution in [-0.4, -0.2) is 24.1 Å². The summed E-state index contributed by atoms with van der Waals surface area (Å²) in [4.78, 5) is 6.88. The number of aryl methyl sites for hydroxylation is 1. The van der Waals surface area contributed by atoms with Crippen molar-refractivity contribution in [1.29, 1.82) is 0 Å². The topological polar surface area (TPSA) is 28.2 Å². The number of pyridine rings is 1. The minimum Gasteiger partial charge on any atom is -0.360 e. The van der Waals surface area contributed by atoms with E-state index in [0.717, 1.165) is 31.0 Å². The highest BCUT2D eigenvalue weighted by molar-refractivity contribution is 5.40. The summed E-state index contributed by atoms with van der Waals surface area (Å²) >= 11 is 0. The van der Waals surface area contributed by atoms with Gasteiger partial charge >= 0.3 is 0 Å². The molecule has 1 aromatic heterocycles. The maximum absolute atomic E-state index is 4.68. The number of nitrogens with zero attached hydrogens (tertiary/aromatic N) is 2. The van der Waals surface area contributed by atoms with E-state index in [0.29, 0.717) is 0 Å². The van der Waals surface area contributed by atoms with Crippen LogP contribution in [0.3, 0.4) is 0 Å². The minimum atomic E-state index is 0.143. The van der Waals surface area contributed by atoms with Crippen LogP contribution in [0.1, 0.15) is 45.4 Å². The van der Waals surface area contributed by atoms with E-state index in [-0.39, 0.29) is 5.54 Å². The second kappa shape index (κ2) is 6.19. The van der Waals surface area contributed by atoms with Crippen molar-refractivity contribution in [1.82, 2.24) is 10.3 Å². The van der Waals surface area contributed by atoms with Gasteiger partial charge in [0.2, 0.25) is 0 Å². The first-order valence-corrected chi connectivity index (χ1v) is 6.76. The Morgan fingerprint density at radius 3 is 2.44 bits per heavy atom. The van der Waals surface area contributed by atoms with Gasteiger partial charge in [0.05, 0.1) is 0 Å². The van der Waals surface area contributed by atoms with Crippen molar-refractivity contribution >= 4 is 5.82 Å². The van der Waals surface area contributed by atoms with Crippen LogP contribution in [0.25, 0.3) is 0 Å². The molecule has 0 spiro atoms. The van der Waals surface area contributed by atoms with E-state index in [1.54, 1.807) is 0 Å². The third-order valence-electron chi connectivity index (χ3n) is 2.94. The molecular weight excluding hydrogens is 222 g/mol. The van der Waals surface area contributed by atoms with Gasteiger partial charge in [0.25, 0.3) is 0 Å². The Balaban J connectivity index is 2.73. The lowest BCUT2D eigenvalue weighted by molar-refractivity contribution is 0.423. The molecule has 1 aromatic rings. The van der Waals surface area contributed by atoms with Gasteiger partial charge in [0.1, 0.15) is 5.82 Å². The zero-order valence-corrected chi connectivity index (χ0v) is 12.7. The van der Waals surface area contributed by atoms with Gasteiger partial charge in [-0.3, -0.25) is 0 Å². The van der Waals surface area contributed by atoms with Gasteiger partial charge in [-0.1, -0.05) is 13.0 Å². The van der Waals surface area contributed by atoms with Crippen molar-refractivity contribution in [3.63, 3.8) is 0 Å². The van der Waals surface area contributed by atoms with Gasteiger partial charge < -0.3 is 10.2 Å². The Hall–Kier alpha value is -1.09. The highest BCUT2D eigenvalue weighted by Crippen LogP contribution is 2.14. The predicted octanol–water partition coefficient (Wildman–Crippen LogP) is 3.12. The summed E-state index contributed by atoms with van der Waals surface area (Å²) in [6.45, 7) is 12.7. The summed E-state index contributed by atoms with van der Waals surface area (Å²) < 4.78 is 0. The molecule has 0 bridgehead atoms. The molecule has 0 aliphatic heterocycles. The first-order valence-electron chi connectivity index (χ1n) is 6.76. The Bertz CT molecular complexity index is 380. The lowest BCUT2D eigenvalue weighted by atomic mass is 10.1. The third-order valence-corrected chi connectivity index (χ3v) is 2.94. The summed E-state index contributed by atoms with van der Waals surface area (Å²) in [7, 11) is 2.10. The average Bonchev–Trinajstić information content (AvgIpc) is 2.26. The molecule has 0 unspecified atom stereocenters. The number of aromatic nitrogens is 1. The van der Waals surface area contributed by atoms with Crippen molar-refractivity contribution < 1.29 is 0 Å². The van der Waals surface area contributed by atoms with Crippen molar-refractivity contribution in [2.24, 2.45) is 0 Å². The largest absolute Gasteiger partial charge is 0.360 e. The number of nitrogens with one attached hydrogen (secondary N) is 1. The van der Waals surface area contributed by atoms with Crippen molar-refractivity contribution in [2.75, 3.05) is 18.5 Å². The van der Waals surface area contributed by atoms with Crippen LogP contribution < -0.4 is 10.2 Å². The highest BCUT2D eigenvalue weighted by atomic mass is 15.2. The number of anilines is 1. The van der Waals surface area contributed by atoms with Crippen LogP contribution in [0.2, 0.25) is 0 Å². The fourth-order valence-corrected chi connectivity index (χ4v) is 1.79. The lowest BCUT2D eigenvalue weighted by Gasteiger charge is -2.22. The number of rotatable bonds is 5. The molecule has 0 saturated heterocycles. The quantitative estimate of drug-likeness (QED) is 0.869. The first-order chi connectivity index (χ1) is 8.33. The molecule has 0 atom stereocenters. The zero-order chi connectivity index (χ0) is 13.8. The molecule has 1 N–H and O–H groups in total. The molecule has 0 saturated carbocycles. The molecule has 18 heavy (non-hydrogen) atoms. The van der Waals surface area contributed by atoms with Gasteiger partial charge in [-0.25, -0.2) is 4.98 Å². The first kappa shape index (κ1) is 15.0. The summed E-state index contributed by atoms with van der Waals surface area (Å²) in [5.41, 5.74) is 2.54. The minimum absolute atomic E-state index is 0.143. The van der Waals surface area contributed by atoms with Crippen LogP contribution in [0.5, 0.6) is 0 Å². The van der Waals surface area contributed by atoms with Gasteiger partial charge in [0.15, 0.2) is 0 Å². The van der Waals surface area contributed by atoms with Crippen LogP contribution >= 0.6 is 0 Å². The molecule has 0 amide bonds. The summed E-state index contributed by atoms with van der Waals surface area (Å²) in [5.74, 6) is 1.06. The maximum Gasteiger partial charge on any atom is 0.128 e. The average molecular weight is 249 g/mol. The molecule has 0 radical (unpaired) electrons. The highest BCUT2D eigenvalue weighted by Gasteiger charge is 2.10. The molecule has 0 fully saturated rings. The molecular formula is C15H27N3. The molecule has 0 aliphatic carbocycles. The van der Waals surface area contributed by atoms with E-state index in [1.807, 2.05) is 0 Å². The van der Waals surface area contributed by atoms with E-state index < -0.39 is 0 Å². The van der Waals surface area contributed by atoms with Crippen molar-refractivity contribution in [2.45, 2.75) is 53.1 Å². The predicted molar refractivity (Wildman–Crippen MR) is 79.1 cm³/mol. The van der Waals surface area contributed by atoms with E-state index in [4.69, 9.17) is 0 Å². The van der Waals surface area contributed by atoms with Crippen LogP contribution in [-0.2, 0) is 6.54 Å². The smallest absolute Gasteiger partial charge is 0.128 e. The standard InChI is InChI=1S/C15H27N3/c1-7-10-18(6)14-9-8-13(12(2)17-14)11-16-15(3,4)5/h8-9,16H,7,10-11H2,1-6H3. The zero-order valence-electron chi connectivity index (χ0n) is 12.7. The molecule has 3 nitrogen and oxygen atoms in total. The van der Waals surface area contributed by atoms with Gasteiger partial charge in [0, 0.05) is 31.4 Å². The Morgan fingerprint density at radius 2 is 1.94 bits per heavy atom. The maximum atomic E-state index is 4.68. The second-order valence-corrected chi connectivity index (χ2v) is 5.94. The van der Waals surface area contributed by atoms with Gasteiger partial charge in [-0.15, -0.1) is 0 Å². The Labute approximate surface area is 112 Å². The molecule has 0 aliphatic rings. The van der Waals surface area contributed by atoms with E-state index in [2.05, 4.69) is 69.0 Å². The lowest BCUT2D eigenvalue weighted by Crippen LogP contribution is -2.35. The van der Waals surface area contributed by atoms with Crippen LogP contribution in [0.4, 0.5) is 5.82 Å². The fraction of sp³-hybridized carbons (Fsp3) is 0.667. The summed E-state index contributed by atoms with van der Waals surface area (Å²) in [6, 6.07) is 4.30. The van der Waals surface area contributed by atoms with E-state index in [1.165, 1.54) is 5.56 Å². The normalized spacial score (nSPS) is 11.7. The molecule has 3 heteroatoms. The summed E-state index contributed by atoms with van der Waals surface area (Å²) in [5, 5.41) is 3.50. The molecule has 102 valence electrons. The fourth-order valence-electron chi connectivity index (χ4n) is 1.79. The SMILES string of the molecule is CCCN(C)c1ccc(CNC(C)(C)C)c(C)n1. The third kappa shape index (κ3) is 4.65. The number of hydrogen-bond donors (Lipinski definition) is 1. The van der Waals surface area contributed by atoms with E-state index >= 15 is 0 Å². The van der Waals surface area contributed by atoms with Gasteiger partial charge in [-0.05, 0) is 45.7 Å². The molecule has 1 rings (SSSR count). The van der Waals surface area contributed by atoms with Crippen molar-refractivity contribution in [3.8, 4) is 0 Å². The monoisotopic (exact) mass is 249 g/mol.